The first-order chi connectivity index (χ1) is 24.6. The van der Waals surface area contributed by atoms with Crippen molar-refractivity contribution in [1.82, 2.24) is 43.5 Å². The number of amides is 1. The number of imidazole rings is 2. The average molecular weight is 691 g/mol. The van der Waals surface area contributed by atoms with Gasteiger partial charge in [-0.1, -0.05) is 72.0 Å². The molecule has 1 amide bonds. The number of thioether (sulfide) groups is 1. The third kappa shape index (κ3) is 4.85. The van der Waals surface area contributed by atoms with Gasteiger partial charge in [0.05, 0.1) is 39.0 Å². The Hall–Kier alpha value is -6.18. The van der Waals surface area contributed by atoms with E-state index in [0.29, 0.717) is 32.8 Å². The van der Waals surface area contributed by atoms with Crippen LogP contribution < -0.4 is 4.80 Å². The van der Waals surface area contributed by atoms with E-state index in [1.165, 1.54) is 23.1 Å². The lowest BCUT2D eigenvalue weighted by Gasteiger charge is -2.10. The Balaban J connectivity index is 1.39. The molecule has 0 spiro atoms. The Morgan fingerprint density at radius 3 is 2.18 bits per heavy atom. The Bertz CT molecular complexity index is 2790. The molecule has 0 fully saturated rings. The summed E-state index contributed by atoms with van der Waals surface area (Å²) >= 11 is 2.82. The fourth-order valence-corrected chi connectivity index (χ4v) is 7.57. The highest BCUT2D eigenvalue weighted by molar-refractivity contribution is 7.98. The van der Waals surface area contributed by atoms with Crippen LogP contribution in [0, 0.1) is 0 Å². The van der Waals surface area contributed by atoms with E-state index in [1.807, 2.05) is 126 Å². The zero-order chi connectivity index (χ0) is 33.8. The molecule has 0 aliphatic rings. The largest absolute Gasteiger partial charge is 0.327 e. The number of carbonyl (C=O) groups excluding carboxylic acids is 1. The molecule has 0 radical (unpaired) electrons. The number of benzene rings is 4. The van der Waals surface area contributed by atoms with E-state index >= 15 is 0 Å². The highest BCUT2D eigenvalue weighted by atomic mass is 32.2. The number of carbonyl (C=O) groups is 1. The van der Waals surface area contributed by atoms with Gasteiger partial charge in [0.2, 0.25) is 10.6 Å². The van der Waals surface area contributed by atoms with Crippen LogP contribution in [0.4, 0.5) is 0 Å². The van der Waals surface area contributed by atoms with E-state index in [0.717, 1.165) is 44.0 Å². The maximum absolute atomic E-state index is 13.8. The van der Waals surface area contributed by atoms with Crippen molar-refractivity contribution in [3.05, 3.63) is 132 Å². The fourth-order valence-electron chi connectivity index (χ4n) is 6.12. The van der Waals surface area contributed by atoms with Crippen molar-refractivity contribution in [2.75, 3.05) is 6.26 Å². The second kappa shape index (κ2) is 12.1. The SMILES string of the molecule is CSc1nn(-c2ccccc2)c(-n2nc(-c3ccnc4nc5ccccc5n34)sc2=NC(=O)c2ccccc2)c1-c1nc2ccccc2n1C. The van der Waals surface area contributed by atoms with Crippen LogP contribution in [0.5, 0.6) is 0 Å². The second-order valence-corrected chi connectivity index (χ2v) is 13.1. The maximum Gasteiger partial charge on any atom is 0.279 e. The third-order valence-electron chi connectivity index (χ3n) is 8.44. The summed E-state index contributed by atoms with van der Waals surface area (Å²) in [4.78, 5) is 33.2. The highest BCUT2D eigenvalue weighted by Gasteiger charge is 2.28. The first-order valence-corrected chi connectivity index (χ1v) is 17.7. The van der Waals surface area contributed by atoms with Crippen molar-refractivity contribution >= 4 is 56.9 Å². The lowest BCUT2D eigenvalue weighted by molar-refractivity contribution is 0.0998. The van der Waals surface area contributed by atoms with Crippen LogP contribution in [0.2, 0.25) is 0 Å². The van der Waals surface area contributed by atoms with Crippen LogP contribution in [0.3, 0.4) is 0 Å². The van der Waals surface area contributed by atoms with Gasteiger partial charge in [0.1, 0.15) is 10.9 Å². The summed E-state index contributed by atoms with van der Waals surface area (Å²) in [6, 6.07) is 36.7. The summed E-state index contributed by atoms with van der Waals surface area (Å²) < 4.78 is 7.62. The minimum Gasteiger partial charge on any atom is -0.327 e. The van der Waals surface area contributed by atoms with Crippen molar-refractivity contribution in [1.29, 1.82) is 0 Å². The molecule has 0 bridgehead atoms. The van der Waals surface area contributed by atoms with E-state index in [9.17, 15) is 4.79 Å². The topological polar surface area (TPSA) is 113 Å². The van der Waals surface area contributed by atoms with Crippen molar-refractivity contribution < 1.29 is 4.79 Å². The summed E-state index contributed by atoms with van der Waals surface area (Å²) in [7, 11) is 2.00. The zero-order valence-electron chi connectivity index (χ0n) is 26.7. The first kappa shape index (κ1) is 29.9. The van der Waals surface area contributed by atoms with Gasteiger partial charge in [0.25, 0.3) is 5.91 Å². The summed E-state index contributed by atoms with van der Waals surface area (Å²) in [5.74, 6) is 1.47. The number of fused-ring (bicyclic) bond motifs is 4. The van der Waals surface area contributed by atoms with Gasteiger partial charge in [-0.25, -0.2) is 19.6 Å². The smallest absolute Gasteiger partial charge is 0.279 e. The standard InChI is InChI=1S/C37H26N10OS2/c1-44-27-19-11-9-17-25(27)39-31(44)30-34(49-2)43-46(24-15-7-4-8-16-24)35(30)47-37(41-32(48)23-13-5-3-6-14-23)50-33(42-47)29-21-22-38-36-40-26-18-10-12-20-28(26)45(29)36/h3-22H,1-2H3. The van der Waals surface area contributed by atoms with Crippen LogP contribution in [0.25, 0.3) is 61.4 Å². The predicted molar refractivity (Wildman–Crippen MR) is 196 cm³/mol. The predicted octanol–water partition coefficient (Wildman–Crippen LogP) is 7.00. The molecule has 5 aromatic heterocycles. The van der Waals surface area contributed by atoms with Crippen molar-refractivity contribution in [2.45, 2.75) is 5.03 Å². The molecule has 0 saturated carbocycles. The lowest BCUT2D eigenvalue weighted by atomic mass is 10.2. The molecular formula is C37H26N10OS2. The fraction of sp³-hybridized carbons (Fsp3) is 0.0541. The molecule has 9 aromatic rings. The van der Waals surface area contributed by atoms with Gasteiger partial charge in [-0.2, -0.15) is 19.9 Å². The second-order valence-electron chi connectivity index (χ2n) is 11.4. The summed E-state index contributed by atoms with van der Waals surface area (Å²) in [5, 5.41) is 11.7. The van der Waals surface area contributed by atoms with E-state index < -0.39 is 0 Å². The van der Waals surface area contributed by atoms with Gasteiger partial charge in [-0.15, -0.1) is 11.8 Å². The van der Waals surface area contributed by atoms with Gasteiger partial charge in [-0.3, -0.25) is 9.20 Å². The molecule has 9 rings (SSSR count). The number of nitrogens with zero attached hydrogens (tertiary/aromatic N) is 10. The molecule has 0 N–H and O–H groups in total. The number of aromatic nitrogens is 9. The molecule has 0 aliphatic heterocycles. The zero-order valence-corrected chi connectivity index (χ0v) is 28.4. The quantitative estimate of drug-likeness (QED) is 0.173. The monoisotopic (exact) mass is 690 g/mol. The molecule has 13 heteroatoms. The molecule has 0 saturated heterocycles. The van der Waals surface area contributed by atoms with E-state index in [1.54, 1.807) is 23.0 Å². The molecule has 11 nitrogen and oxygen atoms in total. The van der Waals surface area contributed by atoms with Crippen LogP contribution in [0.15, 0.2) is 131 Å². The summed E-state index contributed by atoms with van der Waals surface area (Å²) in [6.07, 6.45) is 3.71. The van der Waals surface area contributed by atoms with Crippen LogP contribution in [-0.4, -0.2) is 55.6 Å². The molecule has 0 atom stereocenters. The van der Waals surface area contributed by atoms with Crippen molar-refractivity contribution in [3.8, 4) is 33.6 Å². The van der Waals surface area contributed by atoms with Crippen LogP contribution >= 0.6 is 23.1 Å². The van der Waals surface area contributed by atoms with Crippen LogP contribution in [-0.2, 0) is 7.05 Å². The first-order valence-electron chi connectivity index (χ1n) is 15.7. The maximum atomic E-state index is 13.8. The van der Waals surface area contributed by atoms with E-state index in [-0.39, 0.29) is 5.91 Å². The summed E-state index contributed by atoms with van der Waals surface area (Å²) in [5.41, 5.74) is 6.36. The van der Waals surface area contributed by atoms with Gasteiger partial charge in [-0.05, 0) is 60.9 Å². The van der Waals surface area contributed by atoms with Gasteiger partial charge < -0.3 is 4.57 Å². The lowest BCUT2D eigenvalue weighted by Crippen LogP contribution is -2.21. The van der Waals surface area contributed by atoms with E-state index in [2.05, 4.69) is 9.55 Å². The van der Waals surface area contributed by atoms with Crippen LogP contribution in [0.1, 0.15) is 10.4 Å². The summed E-state index contributed by atoms with van der Waals surface area (Å²) in [6.45, 7) is 0. The van der Waals surface area contributed by atoms with Crippen molar-refractivity contribution in [3.63, 3.8) is 0 Å². The number of hydrogen-bond acceptors (Lipinski definition) is 8. The Morgan fingerprint density at radius 1 is 0.760 bits per heavy atom. The number of aryl methyl sites for hydroxylation is 1. The average Bonchev–Trinajstić information content (AvgIpc) is 3.93. The Kier molecular flexibility index (Phi) is 7.21. The van der Waals surface area contributed by atoms with Gasteiger partial charge in [0.15, 0.2) is 10.8 Å². The normalized spacial score (nSPS) is 12.1. The van der Waals surface area contributed by atoms with Crippen molar-refractivity contribution in [2.24, 2.45) is 12.0 Å². The number of para-hydroxylation sites is 5. The Labute approximate surface area is 292 Å². The number of hydrogen-bond donors (Lipinski definition) is 0. The minimum absolute atomic E-state index is 0.369. The molecule has 50 heavy (non-hydrogen) atoms. The molecule has 5 heterocycles. The Morgan fingerprint density at radius 2 is 1.44 bits per heavy atom. The molecule has 0 unspecified atom stereocenters. The molecule has 4 aromatic carbocycles. The van der Waals surface area contributed by atoms with Gasteiger partial charge >= 0.3 is 0 Å². The van der Waals surface area contributed by atoms with Gasteiger partial charge in [0, 0.05) is 18.8 Å². The molecule has 242 valence electrons. The molecule has 0 aliphatic carbocycles. The third-order valence-corrected chi connectivity index (χ3v) is 10.0. The molecular weight excluding hydrogens is 665 g/mol. The minimum atomic E-state index is -0.386. The highest BCUT2D eigenvalue weighted by Crippen LogP contribution is 2.38. The van der Waals surface area contributed by atoms with E-state index in [4.69, 9.17) is 25.2 Å². The number of rotatable bonds is 6.